The fourth-order valence-corrected chi connectivity index (χ4v) is 4.22. The van der Waals surface area contributed by atoms with Crippen molar-refractivity contribution in [1.29, 1.82) is 0 Å². The molecule has 7 heteroatoms. The second kappa shape index (κ2) is 12.9. The van der Waals surface area contributed by atoms with Gasteiger partial charge in [-0.2, -0.15) is 0 Å². The SMILES string of the molecule is CCC(C)N(C(=O)Cn1c(CCCNC(=O)COc2ccccc2)nc2ccccc21)C(C)CC. The van der Waals surface area contributed by atoms with Gasteiger partial charge in [0, 0.05) is 25.0 Å². The molecule has 3 aromatic rings. The summed E-state index contributed by atoms with van der Waals surface area (Å²) in [4.78, 5) is 32.4. The van der Waals surface area contributed by atoms with Crippen LogP contribution in [0.4, 0.5) is 0 Å². The minimum atomic E-state index is -0.157. The Kier molecular flexibility index (Phi) is 9.70. The standard InChI is InChI=1S/C28H38N4O3/c1-5-21(3)32(22(4)6-2)28(34)19-31-25-16-11-10-15-24(25)30-26(31)17-12-18-29-27(33)20-35-23-13-8-7-9-14-23/h7-11,13-16,21-22H,5-6,12,17-20H2,1-4H3,(H,29,33). The highest BCUT2D eigenvalue weighted by atomic mass is 16.5. The Balaban J connectivity index is 1.62. The van der Waals surface area contributed by atoms with Crippen LogP contribution >= 0.6 is 0 Å². The number of amides is 2. The van der Waals surface area contributed by atoms with E-state index < -0.39 is 0 Å². The van der Waals surface area contributed by atoms with Gasteiger partial charge in [0.15, 0.2) is 6.61 Å². The van der Waals surface area contributed by atoms with Crippen LogP contribution in [-0.2, 0) is 22.6 Å². The molecule has 188 valence electrons. The molecule has 0 bridgehead atoms. The molecule has 35 heavy (non-hydrogen) atoms. The molecule has 2 amide bonds. The van der Waals surface area contributed by atoms with E-state index in [0.717, 1.165) is 36.1 Å². The number of ether oxygens (including phenoxy) is 1. The second-order valence-electron chi connectivity index (χ2n) is 8.97. The molecule has 0 aliphatic carbocycles. The summed E-state index contributed by atoms with van der Waals surface area (Å²) in [5.41, 5.74) is 1.85. The van der Waals surface area contributed by atoms with E-state index in [0.29, 0.717) is 18.7 Å². The molecule has 2 aromatic carbocycles. The number of benzene rings is 2. The lowest BCUT2D eigenvalue weighted by atomic mass is 10.1. The normalized spacial score (nSPS) is 12.8. The maximum Gasteiger partial charge on any atom is 0.257 e. The van der Waals surface area contributed by atoms with Crippen molar-refractivity contribution in [2.45, 2.75) is 72.0 Å². The van der Waals surface area contributed by atoms with E-state index in [9.17, 15) is 9.59 Å². The first kappa shape index (κ1) is 26.3. The first-order chi connectivity index (χ1) is 16.9. The zero-order valence-corrected chi connectivity index (χ0v) is 21.4. The average Bonchev–Trinajstić information content (AvgIpc) is 3.22. The number of para-hydroxylation sites is 3. The maximum absolute atomic E-state index is 13.4. The van der Waals surface area contributed by atoms with Crippen molar-refractivity contribution in [1.82, 2.24) is 19.8 Å². The number of carbonyl (C=O) groups is 2. The summed E-state index contributed by atoms with van der Waals surface area (Å²) in [6, 6.07) is 17.6. The zero-order chi connectivity index (χ0) is 25.2. The third-order valence-corrected chi connectivity index (χ3v) is 6.46. The van der Waals surface area contributed by atoms with Gasteiger partial charge < -0.3 is 19.5 Å². The molecule has 1 aromatic heterocycles. The van der Waals surface area contributed by atoms with E-state index in [1.807, 2.05) is 64.1 Å². The number of nitrogens with zero attached hydrogens (tertiary/aromatic N) is 3. The molecule has 1 N–H and O–H groups in total. The van der Waals surface area contributed by atoms with E-state index in [-0.39, 0.29) is 37.0 Å². The summed E-state index contributed by atoms with van der Waals surface area (Å²) in [5, 5.41) is 2.90. The van der Waals surface area contributed by atoms with Crippen LogP contribution in [0, 0.1) is 0 Å². The van der Waals surface area contributed by atoms with Crippen LogP contribution in [0.5, 0.6) is 5.75 Å². The lowest BCUT2D eigenvalue weighted by Crippen LogP contribution is -2.45. The van der Waals surface area contributed by atoms with Gasteiger partial charge in [-0.25, -0.2) is 4.98 Å². The number of fused-ring (bicyclic) bond motifs is 1. The van der Waals surface area contributed by atoms with Gasteiger partial charge in [-0.1, -0.05) is 44.2 Å². The van der Waals surface area contributed by atoms with Crippen LogP contribution < -0.4 is 10.1 Å². The van der Waals surface area contributed by atoms with Crippen molar-refractivity contribution in [3.63, 3.8) is 0 Å². The Morgan fingerprint density at radius 1 is 1.00 bits per heavy atom. The average molecular weight is 479 g/mol. The number of aromatic nitrogens is 2. The quantitative estimate of drug-likeness (QED) is 0.365. The Hall–Kier alpha value is -3.35. The van der Waals surface area contributed by atoms with E-state index >= 15 is 0 Å². The van der Waals surface area contributed by atoms with Crippen LogP contribution in [0.3, 0.4) is 0 Å². The Morgan fingerprint density at radius 3 is 2.34 bits per heavy atom. The summed E-state index contributed by atoms with van der Waals surface area (Å²) in [6.45, 7) is 9.22. The van der Waals surface area contributed by atoms with Crippen molar-refractivity contribution in [2.75, 3.05) is 13.2 Å². The van der Waals surface area contributed by atoms with Crippen LogP contribution in [0.15, 0.2) is 54.6 Å². The summed E-state index contributed by atoms with van der Waals surface area (Å²) in [5.74, 6) is 1.49. The largest absolute Gasteiger partial charge is 0.484 e. The van der Waals surface area contributed by atoms with Crippen LogP contribution in [0.1, 0.15) is 52.8 Å². The minimum absolute atomic E-state index is 0.0158. The molecule has 0 spiro atoms. The topological polar surface area (TPSA) is 76.5 Å². The Bertz CT molecular complexity index is 1090. The molecule has 0 saturated heterocycles. The van der Waals surface area contributed by atoms with Gasteiger partial charge in [0.1, 0.15) is 18.1 Å². The first-order valence-electron chi connectivity index (χ1n) is 12.6. The van der Waals surface area contributed by atoms with Crippen molar-refractivity contribution in [3.05, 3.63) is 60.4 Å². The molecule has 0 aliphatic heterocycles. The van der Waals surface area contributed by atoms with Crippen molar-refractivity contribution >= 4 is 22.8 Å². The lowest BCUT2D eigenvalue weighted by molar-refractivity contribution is -0.136. The van der Waals surface area contributed by atoms with Crippen LogP contribution in [0.25, 0.3) is 11.0 Å². The van der Waals surface area contributed by atoms with Crippen LogP contribution in [0.2, 0.25) is 0 Å². The number of aryl methyl sites for hydroxylation is 1. The van der Waals surface area contributed by atoms with Gasteiger partial charge in [-0.05, 0) is 57.4 Å². The Morgan fingerprint density at radius 2 is 1.66 bits per heavy atom. The summed E-state index contributed by atoms with van der Waals surface area (Å²) < 4.78 is 7.53. The summed E-state index contributed by atoms with van der Waals surface area (Å²) >= 11 is 0. The second-order valence-corrected chi connectivity index (χ2v) is 8.97. The van der Waals surface area contributed by atoms with E-state index in [4.69, 9.17) is 9.72 Å². The first-order valence-corrected chi connectivity index (χ1v) is 12.6. The number of hydrogen-bond donors (Lipinski definition) is 1. The number of rotatable bonds is 13. The highest BCUT2D eigenvalue weighted by Crippen LogP contribution is 2.19. The zero-order valence-electron chi connectivity index (χ0n) is 21.4. The molecule has 0 saturated carbocycles. The van der Waals surface area contributed by atoms with Gasteiger partial charge in [0.25, 0.3) is 5.91 Å². The number of carbonyl (C=O) groups excluding carboxylic acids is 2. The van der Waals surface area contributed by atoms with Gasteiger partial charge in [0.2, 0.25) is 5.91 Å². The fourth-order valence-electron chi connectivity index (χ4n) is 4.22. The van der Waals surface area contributed by atoms with Crippen LogP contribution in [-0.4, -0.2) is 51.5 Å². The molecule has 7 nitrogen and oxygen atoms in total. The third-order valence-electron chi connectivity index (χ3n) is 6.46. The molecule has 3 rings (SSSR count). The van der Waals surface area contributed by atoms with Crippen molar-refractivity contribution in [2.24, 2.45) is 0 Å². The fraction of sp³-hybridized carbons (Fsp3) is 0.464. The van der Waals surface area contributed by atoms with Gasteiger partial charge in [-0.15, -0.1) is 0 Å². The monoisotopic (exact) mass is 478 g/mol. The molecule has 2 unspecified atom stereocenters. The van der Waals surface area contributed by atoms with Crippen molar-refractivity contribution in [3.8, 4) is 5.75 Å². The van der Waals surface area contributed by atoms with E-state index in [1.54, 1.807) is 0 Å². The Labute approximate surface area is 208 Å². The molecular formula is C28H38N4O3. The van der Waals surface area contributed by atoms with Gasteiger partial charge in [0.05, 0.1) is 11.0 Å². The molecular weight excluding hydrogens is 440 g/mol. The van der Waals surface area contributed by atoms with Crippen molar-refractivity contribution < 1.29 is 14.3 Å². The molecule has 0 fully saturated rings. The number of nitrogens with one attached hydrogen (secondary N) is 1. The smallest absolute Gasteiger partial charge is 0.257 e. The highest BCUT2D eigenvalue weighted by molar-refractivity contribution is 5.81. The minimum Gasteiger partial charge on any atom is -0.484 e. The summed E-state index contributed by atoms with van der Waals surface area (Å²) in [7, 11) is 0. The molecule has 2 atom stereocenters. The highest BCUT2D eigenvalue weighted by Gasteiger charge is 2.25. The molecule has 0 aliphatic rings. The lowest BCUT2D eigenvalue weighted by Gasteiger charge is -2.34. The van der Waals surface area contributed by atoms with Gasteiger partial charge in [-0.3, -0.25) is 9.59 Å². The summed E-state index contributed by atoms with van der Waals surface area (Å²) in [6.07, 6.45) is 3.21. The molecule has 0 radical (unpaired) electrons. The number of imidazole rings is 1. The van der Waals surface area contributed by atoms with Gasteiger partial charge >= 0.3 is 0 Å². The maximum atomic E-state index is 13.4. The van der Waals surface area contributed by atoms with E-state index in [2.05, 4.69) is 33.0 Å². The predicted octanol–water partition coefficient (Wildman–Crippen LogP) is 4.59. The van der Waals surface area contributed by atoms with E-state index in [1.165, 1.54) is 0 Å². The molecule has 1 heterocycles. The number of hydrogen-bond acceptors (Lipinski definition) is 4. The third kappa shape index (κ3) is 7.07. The predicted molar refractivity (Wildman–Crippen MR) is 139 cm³/mol.